The maximum atomic E-state index is 12.9. The van der Waals surface area contributed by atoms with Crippen molar-refractivity contribution >= 4 is 5.69 Å². The van der Waals surface area contributed by atoms with Crippen LogP contribution in [-0.4, -0.2) is 20.3 Å². The molecular formula is C10H12F4N2. The van der Waals surface area contributed by atoms with E-state index in [4.69, 9.17) is 5.73 Å². The molecule has 1 unspecified atom stereocenters. The Hall–Kier alpha value is -1.30. The average Bonchev–Trinajstić information content (AvgIpc) is 2.15. The summed E-state index contributed by atoms with van der Waals surface area (Å²) in [6.07, 6.45) is -4.54. The number of hydrogen-bond acceptors (Lipinski definition) is 2. The van der Waals surface area contributed by atoms with Gasteiger partial charge in [0.05, 0.1) is 0 Å². The van der Waals surface area contributed by atoms with Crippen LogP contribution in [0, 0.1) is 5.82 Å². The van der Waals surface area contributed by atoms with Gasteiger partial charge in [-0.05, 0) is 12.1 Å². The van der Waals surface area contributed by atoms with E-state index in [2.05, 4.69) is 0 Å². The number of rotatable bonds is 2. The topological polar surface area (TPSA) is 29.3 Å². The number of benzene rings is 1. The second-order valence-electron chi connectivity index (χ2n) is 3.62. The van der Waals surface area contributed by atoms with E-state index in [1.165, 1.54) is 19.0 Å². The highest BCUT2D eigenvalue weighted by Crippen LogP contribution is 2.35. The standard InChI is InChI=1S/C10H12F4N2/c1-16(2)8-5-6(11)3-4-7(8)9(15)10(12,13)14/h3-5,9H,15H2,1-2H3. The quantitative estimate of drug-likeness (QED) is 0.799. The molecule has 1 atom stereocenters. The van der Waals surface area contributed by atoms with Gasteiger partial charge in [0.2, 0.25) is 0 Å². The normalized spacial score (nSPS) is 13.7. The lowest BCUT2D eigenvalue weighted by molar-refractivity contribution is -0.149. The zero-order valence-electron chi connectivity index (χ0n) is 8.85. The summed E-state index contributed by atoms with van der Waals surface area (Å²) in [5.41, 5.74) is 5.08. The van der Waals surface area contributed by atoms with E-state index in [1.807, 2.05) is 0 Å². The molecule has 0 radical (unpaired) electrons. The van der Waals surface area contributed by atoms with Crippen LogP contribution in [0.3, 0.4) is 0 Å². The van der Waals surface area contributed by atoms with Crippen molar-refractivity contribution < 1.29 is 17.6 Å². The Balaban J connectivity index is 3.23. The molecule has 0 fully saturated rings. The van der Waals surface area contributed by atoms with E-state index >= 15 is 0 Å². The second kappa shape index (κ2) is 4.29. The number of nitrogens with zero attached hydrogens (tertiary/aromatic N) is 1. The second-order valence-corrected chi connectivity index (χ2v) is 3.62. The van der Waals surface area contributed by atoms with Gasteiger partial charge in [0.15, 0.2) is 0 Å². The molecule has 0 aliphatic heterocycles. The van der Waals surface area contributed by atoms with Gasteiger partial charge in [0.1, 0.15) is 11.9 Å². The van der Waals surface area contributed by atoms with E-state index in [0.717, 1.165) is 18.2 Å². The summed E-state index contributed by atoms with van der Waals surface area (Å²) in [5.74, 6) is -0.596. The zero-order valence-corrected chi connectivity index (χ0v) is 8.85. The molecule has 0 saturated heterocycles. The van der Waals surface area contributed by atoms with Gasteiger partial charge < -0.3 is 10.6 Å². The first-order valence-corrected chi connectivity index (χ1v) is 4.52. The molecule has 0 bridgehead atoms. The van der Waals surface area contributed by atoms with Crippen molar-refractivity contribution in [2.24, 2.45) is 5.73 Å². The minimum Gasteiger partial charge on any atom is -0.377 e. The lowest BCUT2D eigenvalue weighted by Crippen LogP contribution is -2.30. The van der Waals surface area contributed by atoms with Crippen molar-refractivity contribution in [1.29, 1.82) is 0 Å². The molecule has 0 aromatic heterocycles. The van der Waals surface area contributed by atoms with Gasteiger partial charge in [-0.2, -0.15) is 13.2 Å². The molecule has 6 heteroatoms. The van der Waals surface area contributed by atoms with Crippen LogP contribution in [0.15, 0.2) is 18.2 Å². The molecule has 1 rings (SSSR count). The van der Waals surface area contributed by atoms with Crippen molar-refractivity contribution in [2.45, 2.75) is 12.2 Å². The van der Waals surface area contributed by atoms with Crippen LogP contribution in [-0.2, 0) is 0 Å². The molecular weight excluding hydrogens is 224 g/mol. The van der Waals surface area contributed by atoms with Crippen LogP contribution in [0.25, 0.3) is 0 Å². The zero-order chi connectivity index (χ0) is 12.5. The highest BCUT2D eigenvalue weighted by atomic mass is 19.4. The van der Waals surface area contributed by atoms with Gasteiger partial charge in [0, 0.05) is 25.3 Å². The SMILES string of the molecule is CN(C)c1cc(F)ccc1C(N)C(F)(F)F. The predicted molar refractivity (Wildman–Crippen MR) is 53.7 cm³/mol. The fourth-order valence-electron chi connectivity index (χ4n) is 1.34. The Morgan fingerprint density at radius 1 is 1.25 bits per heavy atom. The highest BCUT2D eigenvalue weighted by Gasteiger charge is 2.39. The molecule has 0 saturated carbocycles. The third-order valence-electron chi connectivity index (χ3n) is 2.16. The molecule has 0 spiro atoms. The lowest BCUT2D eigenvalue weighted by Gasteiger charge is -2.23. The molecule has 0 aliphatic rings. The van der Waals surface area contributed by atoms with Crippen LogP contribution in [0.5, 0.6) is 0 Å². The molecule has 90 valence electrons. The van der Waals surface area contributed by atoms with Crippen LogP contribution in [0.2, 0.25) is 0 Å². The smallest absolute Gasteiger partial charge is 0.377 e. The molecule has 0 heterocycles. The van der Waals surface area contributed by atoms with Crippen molar-refractivity contribution in [1.82, 2.24) is 0 Å². The molecule has 1 aromatic rings. The van der Waals surface area contributed by atoms with Crippen molar-refractivity contribution in [3.05, 3.63) is 29.6 Å². The highest BCUT2D eigenvalue weighted by molar-refractivity contribution is 5.54. The van der Waals surface area contributed by atoms with E-state index in [1.54, 1.807) is 0 Å². The van der Waals surface area contributed by atoms with Gasteiger partial charge in [-0.1, -0.05) is 6.07 Å². The summed E-state index contributed by atoms with van der Waals surface area (Å²) < 4.78 is 50.2. The fraction of sp³-hybridized carbons (Fsp3) is 0.400. The van der Waals surface area contributed by atoms with Gasteiger partial charge >= 0.3 is 6.18 Å². The minimum absolute atomic E-state index is 0.129. The van der Waals surface area contributed by atoms with E-state index in [9.17, 15) is 17.6 Å². The summed E-state index contributed by atoms with van der Waals surface area (Å²) in [7, 11) is 3.06. The first kappa shape index (κ1) is 12.8. The predicted octanol–water partition coefficient (Wildman–Crippen LogP) is 2.45. The summed E-state index contributed by atoms with van der Waals surface area (Å²) in [5, 5.41) is 0. The number of hydrogen-bond donors (Lipinski definition) is 1. The van der Waals surface area contributed by atoms with E-state index in [0.29, 0.717) is 0 Å². The minimum atomic E-state index is -4.54. The molecule has 2 N–H and O–H groups in total. The lowest BCUT2D eigenvalue weighted by atomic mass is 10.0. The van der Waals surface area contributed by atoms with Gasteiger partial charge in [-0.25, -0.2) is 4.39 Å². The average molecular weight is 236 g/mol. The third-order valence-corrected chi connectivity index (χ3v) is 2.16. The number of alkyl halides is 3. The molecule has 2 nitrogen and oxygen atoms in total. The van der Waals surface area contributed by atoms with Crippen molar-refractivity contribution in [2.75, 3.05) is 19.0 Å². The maximum Gasteiger partial charge on any atom is 0.407 e. The molecule has 16 heavy (non-hydrogen) atoms. The molecule has 0 aliphatic carbocycles. The Morgan fingerprint density at radius 3 is 2.25 bits per heavy atom. The summed E-state index contributed by atoms with van der Waals surface area (Å²) >= 11 is 0. The van der Waals surface area contributed by atoms with Gasteiger partial charge in [-0.3, -0.25) is 0 Å². The van der Waals surface area contributed by atoms with E-state index in [-0.39, 0.29) is 11.3 Å². The Morgan fingerprint density at radius 2 is 1.81 bits per heavy atom. The summed E-state index contributed by atoms with van der Waals surface area (Å²) in [6.45, 7) is 0. The Kier molecular flexibility index (Phi) is 3.42. The number of anilines is 1. The monoisotopic (exact) mass is 236 g/mol. The maximum absolute atomic E-state index is 12.9. The van der Waals surface area contributed by atoms with Crippen LogP contribution in [0.1, 0.15) is 11.6 Å². The Labute approximate surface area is 90.7 Å². The van der Waals surface area contributed by atoms with Gasteiger partial charge in [0.25, 0.3) is 0 Å². The Bertz CT molecular complexity index is 374. The van der Waals surface area contributed by atoms with Gasteiger partial charge in [-0.15, -0.1) is 0 Å². The van der Waals surface area contributed by atoms with Crippen LogP contribution < -0.4 is 10.6 Å². The third kappa shape index (κ3) is 2.63. The fourth-order valence-corrected chi connectivity index (χ4v) is 1.34. The largest absolute Gasteiger partial charge is 0.407 e. The molecule has 1 aromatic carbocycles. The first-order chi connectivity index (χ1) is 7.23. The van der Waals surface area contributed by atoms with Crippen LogP contribution in [0.4, 0.5) is 23.2 Å². The van der Waals surface area contributed by atoms with E-state index < -0.39 is 18.0 Å². The first-order valence-electron chi connectivity index (χ1n) is 4.52. The number of nitrogens with two attached hydrogens (primary N) is 1. The van der Waals surface area contributed by atoms with Crippen LogP contribution >= 0.6 is 0 Å². The molecule has 0 amide bonds. The summed E-state index contributed by atoms with van der Waals surface area (Å²) in [6, 6.07) is 0.947. The van der Waals surface area contributed by atoms with Crippen molar-refractivity contribution in [3.63, 3.8) is 0 Å². The summed E-state index contributed by atoms with van der Waals surface area (Å²) in [4.78, 5) is 1.39. The number of halogens is 4. The van der Waals surface area contributed by atoms with Crippen molar-refractivity contribution in [3.8, 4) is 0 Å².